The normalized spacial score (nSPS) is 19.5. The highest BCUT2D eigenvalue weighted by Crippen LogP contribution is 2.39. The number of urea groups is 1. The molecule has 1 aliphatic rings. The van der Waals surface area contributed by atoms with E-state index in [-0.39, 0.29) is 0 Å². The number of rotatable bonds is 8. The summed E-state index contributed by atoms with van der Waals surface area (Å²) in [5, 5.41) is 10.4. The molecule has 0 bridgehead atoms. The topological polar surface area (TPSA) is 130 Å². The molecule has 0 aromatic rings. The fourth-order valence-corrected chi connectivity index (χ4v) is 5.29. The molecule has 0 radical (unpaired) electrons. The van der Waals surface area contributed by atoms with E-state index in [1.807, 2.05) is 21.6 Å². The number of hydrogen-bond acceptors (Lipinski definition) is 6. The first-order chi connectivity index (χ1) is 10.3. The van der Waals surface area contributed by atoms with Gasteiger partial charge in [-0.1, -0.05) is 28.0 Å². The van der Waals surface area contributed by atoms with Crippen molar-refractivity contribution in [2.45, 2.75) is 43.9 Å². The summed E-state index contributed by atoms with van der Waals surface area (Å²) in [6.07, 6.45) is 4.31. The Balaban J connectivity index is 2.10. The first-order valence-electron chi connectivity index (χ1n) is 6.95. The average molecular weight is 371 g/mol. The third kappa shape index (κ3) is 8.71. The van der Waals surface area contributed by atoms with E-state index in [1.54, 1.807) is 4.72 Å². The summed E-state index contributed by atoms with van der Waals surface area (Å²) in [6.45, 7) is 1.88. The van der Waals surface area contributed by atoms with Gasteiger partial charge in [0.1, 0.15) is 6.04 Å². The van der Waals surface area contributed by atoms with Crippen LogP contribution in [-0.2, 0) is 15.0 Å². The second-order valence-electron chi connectivity index (χ2n) is 4.96. The van der Waals surface area contributed by atoms with E-state index >= 15 is 0 Å². The van der Waals surface area contributed by atoms with Crippen LogP contribution in [0.4, 0.5) is 4.79 Å². The molecule has 1 fully saturated rings. The summed E-state index contributed by atoms with van der Waals surface area (Å²) in [5.74, 6) is 0.336. The summed E-state index contributed by atoms with van der Waals surface area (Å²) in [6, 6.07) is -1.51. The second kappa shape index (κ2) is 9.48. The van der Waals surface area contributed by atoms with E-state index < -0.39 is 28.2 Å². The maximum absolute atomic E-state index is 11.6. The molecule has 1 unspecified atom stereocenters. The molecule has 128 valence electrons. The first-order valence-corrected chi connectivity index (χ1v) is 10.9. The van der Waals surface area contributed by atoms with Crippen molar-refractivity contribution in [1.82, 2.24) is 15.4 Å². The number of nitrogens with one attached hydrogen (secondary N) is 3. The lowest BCUT2D eigenvalue weighted by atomic mass is 10.1. The van der Waals surface area contributed by atoms with Crippen molar-refractivity contribution in [3.8, 4) is 0 Å². The first kappa shape index (κ1) is 19.4. The molecule has 2 atom stereocenters. The SMILES string of the molecule is C[C@@H](NC(=O)NCCCCC1CCSS1)C(=O)NS(N)(=O)=O. The summed E-state index contributed by atoms with van der Waals surface area (Å²) < 4.78 is 23.0. The fraction of sp³-hybridized carbons (Fsp3) is 0.818. The van der Waals surface area contributed by atoms with E-state index in [1.165, 1.54) is 19.1 Å². The van der Waals surface area contributed by atoms with Gasteiger partial charge in [-0.25, -0.2) is 14.7 Å². The van der Waals surface area contributed by atoms with Gasteiger partial charge in [-0.05, 0) is 26.2 Å². The Morgan fingerprint density at radius 1 is 1.36 bits per heavy atom. The lowest BCUT2D eigenvalue weighted by Crippen LogP contribution is -2.50. The van der Waals surface area contributed by atoms with Crippen LogP contribution in [0.2, 0.25) is 0 Å². The smallest absolute Gasteiger partial charge is 0.315 e. The maximum atomic E-state index is 11.6. The minimum atomic E-state index is -4.11. The Kier molecular flexibility index (Phi) is 8.36. The Morgan fingerprint density at radius 3 is 2.68 bits per heavy atom. The van der Waals surface area contributed by atoms with Crippen molar-refractivity contribution < 1.29 is 18.0 Å². The van der Waals surface area contributed by atoms with E-state index in [9.17, 15) is 18.0 Å². The summed E-state index contributed by atoms with van der Waals surface area (Å²) in [5.41, 5.74) is 0. The van der Waals surface area contributed by atoms with E-state index in [0.717, 1.165) is 24.5 Å². The highest BCUT2D eigenvalue weighted by atomic mass is 33.1. The van der Waals surface area contributed by atoms with Crippen LogP contribution >= 0.6 is 21.6 Å². The number of nitrogens with two attached hydrogens (primary N) is 1. The minimum Gasteiger partial charge on any atom is -0.338 e. The number of amides is 3. The van der Waals surface area contributed by atoms with Gasteiger partial charge in [-0.15, -0.1) is 0 Å². The van der Waals surface area contributed by atoms with Crippen LogP contribution in [0, 0.1) is 0 Å². The van der Waals surface area contributed by atoms with Crippen molar-refractivity contribution in [2.24, 2.45) is 5.14 Å². The lowest BCUT2D eigenvalue weighted by Gasteiger charge is -2.14. The molecule has 11 heteroatoms. The average Bonchev–Trinajstić information content (AvgIpc) is 2.89. The standard InChI is InChI=1S/C11H22N4O4S3/c1-8(10(16)15-22(12,18)19)14-11(17)13-6-3-2-4-9-5-7-20-21-9/h8-9H,2-7H2,1H3,(H,15,16)(H2,12,18,19)(H2,13,14,17)/t8-,9?/m1/s1. The van der Waals surface area contributed by atoms with Crippen LogP contribution in [0.25, 0.3) is 0 Å². The molecular formula is C11H22N4O4S3. The lowest BCUT2D eigenvalue weighted by molar-refractivity contribution is -0.120. The van der Waals surface area contributed by atoms with E-state index in [4.69, 9.17) is 0 Å². The van der Waals surface area contributed by atoms with Gasteiger partial charge in [0.05, 0.1) is 0 Å². The molecule has 0 saturated carbocycles. The van der Waals surface area contributed by atoms with E-state index in [0.29, 0.717) is 6.54 Å². The van der Waals surface area contributed by atoms with Crippen LogP contribution in [-0.4, -0.2) is 43.9 Å². The van der Waals surface area contributed by atoms with Crippen molar-refractivity contribution >= 4 is 43.7 Å². The van der Waals surface area contributed by atoms with Gasteiger partial charge in [-0.2, -0.15) is 8.42 Å². The molecule has 3 amide bonds. The third-order valence-electron chi connectivity index (χ3n) is 2.95. The van der Waals surface area contributed by atoms with Gasteiger partial charge in [0, 0.05) is 17.5 Å². The maximum Gasteiger partial charge on any atom is 0.315 e. The van der Waals surface area contributed by atoms with Gasteiger partial charge in [0.2, 0.25) is 0 Å². The number of unbranched alkanes of at least 4 members (excludes halogenated alkanes) is 1. The molecule has 5 N–H and O–H groups in total. The quantitative estimate of drug-likeness (QED) is 0.359. The molecule has 8 nitrogen and oxygen atoms in total. The van der Waals surface area contributed by atoms with Crippen molar-refractivity contribution in [2.75, 3.05) is 12.3 Å². The van der Waals surface area contributed by atoms with Crippen LogP contribution in [0.15, 0.2) is 0 Å². The predicted molar refractivity (Wildman–Crippen MR) is 89.6 cm³/mol. The van der Waals surface area contributed by atoms with Crippen molar-refractivity contribution in [1.29, 1.82) is 0 Å². The van der Waals surface area contributed by atoms with E-state index in [2.05, 4.69) is 15.8 Å². The molecule has 1 aliphatic heterocycles. The van der Waals surface area contributed by atoms with Gasteiger partial charge < -0.3 is 10.6 Å². The Labute approximate surface area is 138 Å². The van der Waals surface area contributed by atoms with Gasteiger partial charge in [-0.3, -0.25) is 4.79 Å². The van der Waals surface area contributed by atoms with Crippen LogP contribution in [0.5, 0.6) is 0 Å². The Hall–Kier alpha value is -0.650. The zero-order valence-corrected chi connectivity index (χ0v) is 14.8. The van der Waals surface area contributed by atoms with Crippen LogP contribution in [0.3, 0.4) is 0 Å². The molecular weight excluding hydrogens is 348 g/mol. The highest BCUT2D eigenvalue weighted by Gasteiger charge is 2.19. The predicted octanol–water partition coefficient (Wildman–Crippen LogP) is 0.318. The summed E-state index contributed by atoms with van der Waals surface area (Å²) in [4.78, 5) is 23.0. The van der Waals surface area contributed by atoms with Crippen molar-refractivity contribution in [3.63, 3.8) is 0 Å². The molecule has 0 aromatic heterocycles. The fourth-order valence-electron chi connectivity index (χ4n) is 1.81. The van der Waals surface area contributed by atoms with Gasteiger partial charge in [0.15, 0.2) is 0 Å². The van der Waals surface area contributed by atoms with Crippen LogP contribution in [0.1, 0.15) is 32.6 Å². The largest absolute Gasteiger partial charge is 0.338 e. The molecule has 0 aromatic carbocycles. The molecule has 1 rings (SSSR count). The molecule has 0 aliphatic carbocycles. The van der Waals surface area contributed by atoms with Gasteiger partial charge in [0.25, 0.3) is 16.1 Å². The third-order valence-corrected chi connectivity index (χ3v) is 6.44. The highest BCUT2D eigenvalue weighted by molar-refractivity contribution is 8.77. The molecule has 1 saturated heterocycles. The van der Waals surface area contributed by atoms with Crippen LogP contribution < -0.4 is 20.5 Å². The zero-order valence-electron chi connectivity index (χ0n) is 12.3. The number of carbonyl (C=O) groups excluding carboxylic acids is 2. The number of carbonyl (C=O) groups is 2. The minimum absolute atomic E-state index is 0.511. The molecule has 0 spiro atoms. The Bertz CT molecular complexity index is 480. The summed E-state index contributed by atoms with van der Waals surface area (Å²) in [7, 11) is -0.264. The molecule has 22 heavy (non-hydrogen) atoms. The zero-order chi connectivity index (χ0) is 16.6. The van der Waals surface area contributed by atoms with Crippen molar-refractivity contribution in [3.05, 3.63) is 0 Å². The monoisotopic (exact) mass is 370 g/mol. The Morgan fingerprint density at radius 2 is 2.09 bits per heavy atom. The van der Waals surface area contributed by atoms with Gasteiger partial charge >= 0.3 is 6.03 Å². The second-order valence-corrected chi connectivity index (χ2v) is 9.04. The number of hydrogen-bond donors (Lipinski definition) is 4. The molecule has 1 heterocycles. The summed E-state index contributed by atoms with van der Waals surface area (Å²) >= 11 is 0.